The van der Waals surface area contributed by atoms with Crippen molar-refractivity contribution in [2.75, 3.05) is 7.11 Å². The average molecular weight is 617 g/mol. The SMILES string of the molecule is COc1cc(-c2cc(=O)n3[nH]cc(-c4nc(C)no4)c3n2)ccc1C.O=c1cc(-c2ccccn2)nc2c(-c3ncco3)c[nH]n12. The summed E-state index contributed by atoms with van der Waals surface area (Å²) in [6.45, 7) is 3.68. The second-order valence-corrected chi connectivity index (χ2v) is 10.0. The van der Waals surface area contributed by atoms with Crippen molar-refractivity contribution in [2.24, 2.45) is 0 Å². The molecule has 0 aliphatic heterocycles. The number of rotatable bonds is 5. The molecule has 0 aliphatic carbocycles. The van der Waals surface area contributed by atoms with Crippen LogP contribution < -0.4 is 15.9 Å². The standard InChI is InChI=1S/C17H15N5O3.C14H9N5O2/c1-9-4-5-11(6-14(9)24-3)13-7-15(23)22-16(20-13)12(8-18-22)17-19-10(2)21-25-17;20-12-7-11(10-3-1-2-4-15-10)18-13-9(8-17-19(12)13)14-16-5-6-21-14/h4-8,18H,1-3H3;1-8,17H. The lowest BCUT2D eigenvalue weighted by Crippen LogP contribution is -2.14. The Morgan fingerprint density at radius 2 is 1.48 bits per heavy atom. The van der Waals surface area contributed by atoms with Gasteiger partial charge in [-0.2, -0.15) is 4.98 Å². The summed E-state index contributed by atoms with van der Waals surface area (Å²) in [5.41, 5.74) is 5.08. The Kier molecular flexibility index (Phi) is 7.01. The van der Waals surface area contributed by atoms with Crippen LogP contribution in [0.2, 0.25) is 0 Å². The predicted molar refractivity (Wildman–Crippen MR) is 165 cm³/mol. The summed E-state index contributed by atoms with van der Waals surface area (Å²) >= 11 is 0. The van der Waals surface area contributed by atoms with Gasteiger partial charge < -0.3 is 13.7 Å². The molecule has 0 saturated heterocycles. The van der Waals surface area contributed by atoms with E-state index in [4.69, 9.17) is 13.7 Å². The van der Waals surface area contributed by atoms with E-state index < -0.39 is 0 Å². The monoisotopic (exact) mass is 616 g/mol. The highest BCUT2D eigenvalue weighted by atomic mass is 16.5. The van der Waals surface area contributed by atoms with Crippen LogP contribution in [0, 0.1) is 13.8 Å². The fourth-order valence-electron chi connectivity index (χ4n) is 4.81. The smallest absolute Gasteiger partial charge is 0.273 e. The minimum Gasteiger partial charge on any atom is -0.496 e. The Labute approximate surface area is 258 Å². The first-order valence-corrected chi connectivity index (χ1v) is 13.9. The number of hydrogen-bond donors (Lipinski definition) is 2. The van der Waals surface area contributed by atoms with Crippen LogP contribution in [0.4, 0.5) is 0 Å². The number of pyridine rings is 1. The van der Waals surface area contributed by atoms with Crippen LogP contribution in [0.15, 0.2) is 98.1 Å². The third-order valence-electron chi connectivity index (χ3n) is 7.05. The number of nitrogens with zero attached hydrogens (tertiary/aromatic N) is 8. The van der Waals surface area contributed by atoms with Crippen LogP contribution in [0.3, 0.4) is 0 Å². The zero-order valence-electron chi connectivity index (χ0n) is 24.6. The first-order valence-electron chi connectivity index (χ1n) is 13.9. The molecule has 46 heavy (non-hydrogen) atoms. The molecule has 8 aromatic rings. The van der Waals surface area contributed by atoms with Gasteiger partial charge in [0.25, 0.3) is 17.0 Å². The molecule has 1 aromatic carbocycles. The van der Waals surface area contributed by atoms with E-state index in [1.807, 2.05) is 37.3 Å². The molecule has 0 amide bonds. The number of methoxy groups -OCH3 is 1. The summed E-state index contributed by atoms with van der Waals surface area (Å²) in [7, 11) is 1.61. The van der Waals surface area contributed by atoms with Gasteiger partial charge in [0.1, 0.15) is 17.6 Å². The van der Waals surface area contributed by atoms with E-state index in [0.717, 1.165) is 16.9 Å². The largest absolute Gasteiger partial charge is 0.496 e. The molecule has 7 heterocycles. The van der Waals surface area contributed by atoms with Crippen molar-refractivity contribution in [2.45, 2.75) is 13.8 Å². The molecule has 7 aromatic heterocycles. The second kappa shape index (κ2) is 11.5. The Morgan fingerprint density at radius 1 is 0.761 bits per heavy atom. The van der Waals surface area contributed by atoms with Gasteiger partial charge in [0, 0.05) is 36.3 Å². The van der Waals surface area contributed by atoms with Crippen molar-refractivity contribution in [3.8, 4) is 51.3 Å². The molecule has 2 N–H and O–H groups in total. The zero-order chi connectivity index (χ0) is 31.8. The van der Waals surface area contributed by atoms with Gasteiger partial charge in [-0.15, -0.1) is 0 Å². The first kappa shape index (κ1) is 28.1. The molecule has 8 rings (SSSR count). The van der Waals surface area contributed by atoms with Gasteiger partial charge in [0.15, 0.2) is 17.1 Å². The number of H-pyrrole nitrogens is 2. The third kappa shape index (κ3) is 5.11. The average Bonchev–Trinajstić information content (AvgIpc) is 3.89. The highest BCUT2D eigenvalue weighted by Gasteiger charge is 2.17. The molecule has 15 nitrogen and oxygen atoms in total. The molecule has 228 valence electrons. The molecule has 0 saturated carbocycles. The minimum atomic E-state index is -0.234. The number of aromatic nitrogens is 10. The van der Waals surface area contributed by atoms with E-state index in [0.29, 0.717) is 57.1 Å². The third-order valence-corrected chi connectivity index (χ3v) is 7.05. The molecule has 0 aliphatic rings. The lowest BCUT2D eigenvalue weighted by atomic mass is 10.1. The highest BCUT2D eigenvalue weighted by molar-refractivity contribution is 5.74. The number of fused-ring (bicyclic) bond motifs is 2. The summed E-state index contributed by atoms with van der Waals surface area (Å²) < 4.78 is 18.5. The first-order chi connectivity index (χ1) is 22.4. The Balaban J connectivity index is 0.000000149. The van der Waals surface area contributed by atoms with E-state index >= 15 is 0 Å². The number of aryl methyl sites for hydroxylation is 2. The van der Waals surface area contributed by atoms with Gasteiger partial charge in [-0.1, -0.05) is 23.4 Å². The van der Waals surface area contributed by atoms with Gasteiger partial charge in [0.05, 0.1) is 36.0 Å². The summed E-state index contributed by atoms with van der Waals surface area (Å²) in [6.07, 6.45) is 7.93. The van der Waals surface area contributed by atoms with Crippen molar-refractivity contribution in [1.82, 2.24) is 49.3 Å². The van der Waals surface area contributed by atoms with Gasteiger partial charge in [0.2, 0.25) is 5.89 Å². The Morgan fingerprint density at radius 3 is 2.11 bits per heavy atom. The van der Waals surface area contributed by atoms with E-state index in [9.17, 15) is 9.59 Å². The summed E-state index contributed by atoms with van der Waals surface area (Å²) in [5.74, 6) is 1.96. The maximum Gasteiger partial charge on any atom is 0.273 e. The van der Waals surface area contributed by atoms with Crippen molar-refractivity contribution in [3.05, 3.63) is 112 Å². The summed E-state index contributed by atoms with van der Waals surface area (Å²) in [5, 5.41) is 9.49. The molecule has 0 radical (unpaired) electrons. The molecule has 0 unspecified atom stereocenters. The van der Waals surface area contributed by atoms with E-state index in [1.165, 1.54) is 27.4 Å². The minimum absolute atomic E-state index is 0.224. The van der Waals surface area contributed by atoms with Crippen LogP contribution >= 0.6 is 0 Å². The lowest BCUT2D eigenvalue weighted by molar-refractivity contribution is 0.412. The molecule has 0 atom stereocenters. The van der Waals surface area contributed by atoms with E-state index in [-0.39, 0.29) is 11.1 Å². The molecule has 15 heteroatoms. The van der Waals surface area contributed by atoms with Crippen LogP contribution in [-0.4, -0.2) is 56.4 Å². The molecular weight excluding hydrogens is 592 g/mol. The second-order valence-electron chi connectivity index (χ2n) is 10.0. The molecule has 0 fully saturated rings. The van der Waals surface area contributed by atoms with E-state index in [1.54, 1.807) is 44.9 Å². The molecule has 0 bridgehead atoms. The normalized spacial score (nSPS) is 11.1. The van der Waals surface area contributed by atoms with Gasteiger partial charge >= 0.3 is 0 Å². The van der Waals surface area contributed by atoms with Crippen molar-refractivity contribution in [3.63, 3.8) is 0 Å². The number of aromatic amines is 2. The topological polar surface area (TPSA) is 187 Å². The fraction of sp³-hybridized carbons (Fsp3) is 0.0968. The maximum atomic E-state index is 12.4. The number of oxazole rings is 1. The quantitative estimate of drug-likeness (QED) is 0.283. The Hall–Kier alpha value is -6.64. The van der Waals surface area contributed by atoms with Gasteiger partial charge in [-0.25, -0.2) is 24.0 Å². The molecular formula is C31H24N10O5. The lowest BCUT2D eigenvalue weighted by Gasteiger charge is -2.07. The number of nitrogens with one attached hydrogen (secondary N) is 2. The summed E-state index contributed by atoms with van der Waals surface area (Å²) in [6, 6.07) is 14.0. The number of ether oxygens (including phenoxy) is 1. The van der Waals surface area contributed by atoms with Crippen molar-refractivity contribution >= 4 is 11.3 Å². The van der Waals surface area contributed by atoms with Crippen LogP contribution in [0.5, 0.6) is 5.75 Å². The number of hydrogen-bond acceptors (Lipinski definition) is 11. The Bertz CT molecular complexity index is 2440. The van der Waals surface area contributed by atoms with Crippen LogP contribution in [0.1, 0.15) is 11.4 Å². The molecule has 0 spiro atoms. The van der Waals surface area contributed by atoms with Crippen molar-refractivity contribution < 1.29 is 13.7 Å². The van der Waals surface area contributed by atoms with Gasteiger partial charge in [-0.05, 0) is 37.6 Å². The fourth-order valence-corrected chi connectivity index (χ4v) is 4.81. The zero-order valence-corrected chi connectivity index (χ0v) is 24.6. The van der Waals surface area contributed by atoms with Gasteiger partial charge in [-0.3, -0.25) is 24.8 Å². The van der Waals surface area contributed by atoms with Crippen LogP contribution in [0.25, 0.3) is 56.8 Å². The predicted octanol–water partition coefficient (Wildman–Crippen LogP) is 4.10. The number of benzene rings is 1. The maximum absolute atomic E-state index is 12.4. The van der Waals surface area contributed by atoms with E-state index in [2.05, 4.69) is 40.3 Å². The van der Waals surface area contributed by atoms with Crippen LogP contribution in [-0.2, 0) is 0 Å². The summed E-state index contributed by atoms with van der Waals surface area (Å²) in [4.78, 5) is 46.2. The highest BCUT2D eigenvalue weighted by Crippen LogP contribution is 2.27. The van der Waals surface area contributed by atoms with Crippen molar-refractivity contribution in [1.29, 1.82) is 0 Å².